The van der Waals surface area contributed by atoms with E-state index in [1.54, 1.807) is 33.3 Å². The van der Waals surface area contributed by atoms with E-state index in [0.29, 0.717) is 34.4 Å². The van der Waals surface area contributed by atoms with Crippen LogP contribution in [0.15, 0.2) is 24.3 Å². The van der Waals surface area contributed by atoms with Crippen LogP contribution in [0.5, 0.6) is 5.75 Å². The summed E-state index contributed by atoms with van der Waals surface area (Å²) in [6.45, 7) is 10.5. The van der Waals surface area contributed by atoms with Crippen LogP contribution >= 0.6 is 0 Å². The highest BCUT2D eigenvalue weighted by Crippen LogP contribution is 2.42. The van der Waals surface area contributed by atoms with Crippen molar-refractivity contribution in [2.75, 3.05) is 64.6 Å². The number of nitrogens with one attached hydrogen (secondary N) is 1. The van der Waals surface area contributed by atoms with E-state index in [4.69, 9.17) is 20.2 Å². The number of nitrogen functional groups attached to an aromatic ring is 1. The molecule has 9 nitrogen and oxygen atoms in total. The Morgan fingerprint density at radius 2 is 1.79 bits per heavy atom. The summed E-state index contributed by atoms with van der Waals surface area (Å²) < 4.78 is 26.1. The molecule has 0 radical (unpaired) electrons. The first kappa shape index (κ1) is 30.9. The summed E-state index contributed by atoms with van der Waals surface area (Å²) in [5, 5.41) is 4.29. The van der Waals surface area contributed by atoms with Gasteiger partial charge in [0.1, 0.15) is 23.2 Å². The summed E-state index contributed by atoms with van der Waals surface area (Å²) in [6.07, 6.45) is 3.53. The second-order valence-electron chi connectivity index (χ2n) is 12.0. The summed E-state index contributed by atoms with van der Waals surface area (Å²) >= 11 is 0. The van der Waals surface area contributed by atoms with Gasteiger partial charge in [0.25, 0.3) is 0 Å². The minimum Gasteiger partial charge on any atom is -0.496 e. The molecular weight excluding hydrogens is 547 g/mol. The van der Waals surface area contributed by atoms with Crippen LogP contribution < -0.4 is 15.8 Å². The second-order valence-corrected chi connectivity index (χ2v) is 12.0. The average Bonchev–Trinajstić information content (AvgIpc) is 3.01. The maximum absolute atomic E-state index is 15.0. The van der Waals surface area contributed by atoms with Crippen LogP contribution in [0.1, 0.15) is 67.1 Å². The van der Waals surface area contributed by atoms with Crippen molar-refractivity contribution in [3.63, 3.8) is 0 Å². The lowest BCUT2D eigenvalue weighted by Crippen LogP contribution is -2.51. The molecule has 1 amide bonds. The van der Waals surface area contributed by atoms with E-state index < -0.39 is 0 Å². The molecule has 2 heterocycles. The molecule has 43 heavy (non-hydrogen) atoms. The van der Waals surface area contributed by atoms with Crippen molar-refractivity contribution in [2.24, 2.45) is 5.92 Å². The first-order valence-electron chi connectivity index (χ1n) is 15.4. The Morgan fingerprint density at radius 3 is 2.47 bits per heavy atom. The predicted molar refractivity (Wildman–Crippen MR) is 168 cm³/mol. The van der Waals surface area contributed by atoms with Crippen LogP contribution in [-0.2, 0) is 9.53 Å². The predicted octanol–water partition coefficient (Wildman–Crippen LogP) is 5.21. The maximum atomic E-state index is 15.0. The molecule has 10 heteroatoms. The molecular formula is C33H45FN6O3. The van der Waals surface area contributed by atoms with Gasteiger partial charge in [0.15, 0.2) is 0 Å². The molecule has 2 aliphatic rings. The SMILES string of the molecule is COCCN1CCN(C(=O)C2CCC(c3cc4c(N[C@H](C)c5cc(N)cc(C)c5F)nc(C)nc4cc3OC)CC2)CC1. The Kier molecular flexibility index (Phi) is 9.66. The number of aryl methyl sites for hydroxylation is 2. The molecule has 0 spiro atoms. The van der Waals surface area contributed by atoms with Crippen LogP contribution in [0.3, 0.4) is 0 Å². The van der Waals surface area contributed by atoms with Gasteiger partial charge in [-0.1, -0.05) is 0 Å². The fraction of sp³-hybridized carbons (Fsp3) is 0.545. The van der Waals surface area contributed by atoms with Gasteiger partial charge in [-0.2, -0.15) is 0 Å². The Balaban J connectivity index is 1.32. The molecule has 1 saturated carbocycles. The third-order valence-electron chi connectivity index (χ3n) is 9.10. The molecule has 1 aromatic heterocycles. The quantitative estimate of drug-likeness (QED) is 0.326. The van der Waals surface area contributed by atoms with Gasteiger partial charge in [0.05, 0.1) is 25.3 Å². The number of nitrogens with two attached hydrogens (primary N) is 1. The van der Waals surface area contributed by atoms with Gasteiger partial charge in [-0.25, -0.2) is 14.4 Å². The molecule has 5 rings (SSSR count). The highest BCUT2D eigenvalue weighted by molar-refractivity contribution is 5.91. The topological polar surface area (TPSA) is 106 Å². The Bertz CT molecular complexity index is 1450. The monoisotopic (exact) mass is 592 g/mol. The summed E-state index contributed by atoms with van der Waals surface area (Å²) in [5.41, 5.74) is 9.43. The Hall–Kier alpha value is -3.50. The number of hydrogen-bond acceptors (Lipinski definition) is 8. The van der Waals surface area contributed by atoms with Gasteiger partial charge >= 0.3 is 0 Å². The average molecular weight is 593 g/mol. The first-order chi connectivity index (χ1) is 20.7. The molecule has 1 atom stereocenters. The van der Waals surface area contributed by atoms with Crippen molar-refractivity contribution >= 4 is 28.3 Å². The normalized spacial score (nSPS) is 20.3. The second kappa shape index (κ2) is 13.4. The fourth-order valence-corrected chi connectivity index (χ4v) is 6.64. The van der Waals surface area contributed by atoms with Crippen molar-refractivity contribution in [1.82, 2.24) is 19.8 Å². The zero-order valence-electron chi connectivity index (χ0n) is 26.1. The van der Waals surface area contributed by atoms with E-state index in [9.17, 15) is 4.79 Å². The zero-order chi connectivity index (χ0) is 30.7. The number of anilines is 2. The number of carbonyl (C=O) groups excluding carboxylic acids is 1. The number of amides is 1. The van der Waals surface area contributed by atoms with Crippen LogP contribution in [0.25, 0.3) is 10.9 Å². The van der Waals surface area contributed by atoms with Crippen molar-refractivity contribution < 1.29 is 18.7 Å². The molecule has 0 unspecified atom stereocenters. The lowest BCUT2D eigenvalue weighted by molar-refractivity contribution is -0.138. The molecule has 0 bridgehead atoms. The largest absolute Gasteiger partial charge is 0.496 e. The number of fused-ring (bicyclic) bond motifs is 1. The molecule has 3 N–H and O–H groups in total. The third-order valence-corrected chi connectivity index (χ3v) is 9.10. The van der Waals surface area contributed by atoms with E-state index >= 15 is 4.39 Å². The van der Waals surface area contributed by atoms with Crippen LogP contribution in [0, 0.1) is 25.6 Å². The van der Waals surface area contributed by atoms with Crippen molar-refractivity contribution in [2.45, 2.75) is 58.4 Å². The number of benzene rings is 2. The molecule has 2 fully saturated rings. The molecule has 1 saturated heterocycles. The Labute approximate surface area is 253 Å². The van der Waals surface area contributed by atoms with E-state index in [1.807, 2.05) is 24.8 Å². The summed E-state index contributed by atoms with van der Waals surface area (Å²) in [6, 6.07) is 7.04. The van der Waals surface area contributed by atoms with Crippen molar-refractivity contribution in [3.05, 3.63) is 52.6 Å². The van der Waals surface area contributed by atoms with Gasteiger partial charge in [0, 0.05) is 68.5 Å². The number of hydrogen-bond donors (Lipinski definition) is 2. The fourth-order valence-electron chi connectivity index (χ4n) is 6.64. The maximum Gasteiger partial charge on any atom is 0.225 e. The standard InChI is InChI=1S/C33H45FN6O3/c1-20-16-25(35)17-26(31(20)34)21(2)36-32-28-18-27(30(43-5)19-29(28)37-22(3)38-32)23-6-8-24(9-7-23)33(41)40-12-10-39(11-13-40)14-15-42-4/h16-19,21,23-24H,6-15,35H2,1-5H3,(H,36,37,38)/t21-,23?,24?/m1/s1. The number of ether oxygens (including phenoxy) is 2. The third kappa shape index (κ3) is 6.86. The van der Waals surface area contributed by atoms with E-state index in [1.165, 1.54) is 0 Å². The number of carbonyl (C=O) groups is 1. The zero-order valence-corrected chi connectivity index (χ0v) is 26.1. The number of piperazine rings is 1. The minimum absolute atomic E-state index is 0.0638. The summed E-state index contributed by atoms with van der Waals surface area (Å²) in [4.78, 5) is 27.2. The van der Waals surface area contributed by atoms with Crippen molar-refractivity contribution in [1.29, 1.82) is 0 Å². The van der Waals surface area contributed by atoms with E-state index in [2.05, 4.69) is 21.3 Å². The lowest BCUT2D eigenvalue weighted by Gasteiger charge is -2.38. The summed E-state index contributed by atoms with van der Waals surface area (Å²) in [7, 11) is 3.41. The summed E-state index contributed by atoms with van der Waals surface area (Å²) in [5.74, 6) is 2.40. The van der Waals surface area contributed by atoms with Gasteiger partial charge in [0.2, 0.25) is 5.91 Å². The highest BCUT2D eigenvalue weighted by atomic mass is 19.1. The number of nitrogens with zero attached hydrogens (tertiary/aromatic N) is 4. The molecule has 1 aliphatic carbocycles. The van der Waals surface area contributed by atoms with Crippen molar-refractivity contribution in [3.8, 4) is 5.75 Å². The van der Waals surface area contributed by atoms with Gasteiger partial charge in [-0.15, -0.1) is 0 Å². The van der Waals surface area contributed by atoms with Crippen LogP contribution in [0.4, 0.5) is 15.9 Å². The smallest absolute Gasteiger partial charge is 0.225 e. The molecule has 3 aromatic rings. The van der Waals surface area contributed by atoms with E-state index in [-0.39, 0.29) is 23.7 Å². The Morgan fingerprint density at radius 1 is 1.07 bits per heavy atom. The lowest BCUT2D eigenvalue weighted by atomic mass is 9.77. The van der Waals surface area contributed by atoms with Gasteiger partial charge in [-0.3, -0.25) is 9.69 Å². The minimum atomic E-state index is -0.367. The molecule has 1 aliphatic heterocycles. The van der Waals surface area contributed by atoms with Crippen LogP contribution in [-0.4, -0.2) is 79.2 Å². The number of aromatic nitrogens is 2. The first-order valence-corrected chi connectivity index (χ1v) is 15.4. The molecule has 232 valence electrons. The van der Waals surface area contributed by atoms with Gasteiger partial charge in [-0.05, 0) is 81.7 Å². The molecule has 2 aromatic carbocycles. The highest BCUT2D eigenvalue weighted by Gasteiger charge is 2.33. The number of halogens is 1. The number of rotatable bonds is 9. The number of methoxy groups -OCH3 is 2. The van der Waals surface area contributed by atoms with E-state index in [0.717, 1.165) is 87.2 Å². The van der Waals surface area contributed by atoms with Crippen LogP contribution in [0.2, 0.25) is 0 Å². The van der Waals surface area contributed by atoms with Gasteiger partial charge < -0.3 is 25.4 Å².